The number of benzene rings is 1. The van der Waals surface area contributed by atoms with Gasteiger partial charge in [0.2, 0.25) is 5.91 Å². The molecule has 1 aliphatic rings. The number of aliphatic hydroxyl groups is 3. The minimum Gasteiger partial charge on any atom is -0.491 e. The van der Waals surface area contributed by atoms with E-state index < -0.39 is 18.3 Å². The van der Waals surface area contributed by atoms with Crippen LogP contribution in [0, 0.1) is 11.8 Å². The maximum atomic E-state index is 10.7. The number of carbonyl (C=O) groups excluding carboxylic acids is 1. The van der Waals surface area contributed by atoms with Crippen molar-refractivity contribution in [3.63, 3.8) is 0 Å². The normalized spacial score (nSPS) is 25.7. The van der Waals surface area contributed by atoms with Crippen LogP contribution in [0.15, 0.2) is 48.6 Å². The van der Waals surface area contributed by atoms with Gasteiger partial charge in [0.05, 0.1) is 12.2 Å². The van der Waals surface area contributed by atoms with Crippen LogP contribution in [0.4, 0.5) is 0 Å². The van der Waals surface area contributed by atoms with Crippen LogP contribution in [0.1, 0.15) is 32.1 Å². The Kier molecular flexibility index (Phi) is 9.67. The van der Waals surface area contributed by atoms with Crippen molar-refractivity contribution in [3.8, 4) is 5.75 Å². The lowest BCUT2D eigenvalue weighted by Gasteiger charge is -2.19. The van der Waals surface area contributed by atoms with Gasteiger partial charge in [0.1, 0.15) is 18.5 Å². The van der Waals surface area contributed by atoms with E-state index in [1.54, 1.807) is 36.4 Å². The van der Waals surface area contributed by atoms with E-state index in [0.717, 1.165) is 6.42 Å². The van der Waals surface area contributed by atoms with E-state index in [9.17, 15) is 20.1 Å². The second-order valence-corrected chi connectivity index (χ2v) is 7.83. The van der Waals surface area contributed by atoms with E-state index in [-0.39, 0.29) is 24.3 Å². The summed E-state index contributed by atoms with van der Waals surface area (Å²) in [6.07, 6.45) is 7.91. The van der Waals surface area contributed by atoms with Crippen molar-refractivity contribution in [2.75, 3.05) is 6.61 Å². The first-order valence-corrected chi connectivity index (χ1v) is 10.3. The first-order chi connectivity index (χ1) is 13.9. The largest absolute Gasteiger partial charge is 0.491 e. The first kappa shape index (κ1) is 23.4. The van der Waals surface area contributed by atoms with Gasteiger partial charge in [-0.15, -0.1) is 0 Å². The number of rotatable bonds is 11. The monoisotopic (exact) mass is 423 g/mol. The molecule has 5 N–H and O–H groups in total. The zero-order chi connectivity index (χ0) is 21.2. The fraction of sp³-hybridized carbons (Fsp3) is 0.500. The van der Waals surface area contributed by atoms with Crippen molar-refractivity contribution in [2.45, 2.75) is 50.4 Å². The lowest BCUT2D eigenvalue weighted by Crippen LogP contribution is -2.21. The summed E-state index contributed by atoms with van der Waals surface area (Å²) in [6, 6.07) is 6.93. The highest BCUT2D eigenvalue weighted by Gasteiger charge is 2.39. The van der Waals surface area contributed by atoms with Crippen LogP contribution in [0.25, 0.3) is 0 Å². The van der Waals surface area contributed by atoms with Crippen LogP contribution in [-0.2, 0) is 4.79 Å². The van der Waals surface area contributed by atoms with Crippen molar-refractivity contribution >= 4 is 17.5 Å². The molecule has 1 aromatic carbocycles. The summed E-state index contributed by atoms with van der Waals surface area (Å²) in [6.45, 7) is 0.0621. The molecular weight excluding hydrogens is 394 g/mol. The Morgan fingerprint density at radius 3 is 2.83 bits per heavy atom. The second kappa shape index (κ2) is 12.0. The molecule has 5 atom stereocenters. The van der Waals surface area contributed by atoms with E-state index in [2.05, 4.69) is 0 Å². The third kappa shape index (κ3) is 8.19. The molecule has 0 heterocycles. The Morgan fingerprint density at radius 1 is 1.31 bits per heavy atom. The molecule has 1 saturated carbocycles. The van der Waals surface area contributed by atoms with Crippen molar-refractivity contribution in [2.24, 2.45) is 17.6 Å². The van der Waals surface area contributed by atoms with Crippen LogP contribution in [0.5, 0.6) is 5.75 Å². The van der Waals surface area contributed by atoms with Gasteiger partial charge < -0.3 is 25.8 Å². The Morgan fingerprint density at radius 2 is 2.10 bits per heavy atom. The number of hydrogen-bond acceptors (Lipinski definition) is 5. The van der Waals surface area contributed by atoms with Crippen molar-refractivity contribution < 1.29 is 24.9 Å². The lowest BCUT2D eigenvalue weighted by molar-refractivity contribution is -0.118. The Labute approximate surface area is 176 Å². The fourth-order valence-corrected chi connectivity index (χ4v) is 3.70. The molecule has 6 nitrogen and oxygen atoms in total. The number of allylic oxidation sites excluding steroid dienone is 2. The molecule has 1 aromatic rings. The topological polar surface area (TPSA) is 113 Å². The number of carbonyl (C=O) groups is 1. The Bertz CT molecular complexity index is 708. The molecule has 0 aromatic heterocycles. The number of primary amides is 1. The molecule has 1 aliphatic carbocycles. The van der Waals surface area contributed by atoms with Crippen LogP contribution in [-0.4, -0.2) is 46.1 Å². The van der Waals surface area contributed by atoms with Gasteiger partial charge in [-0.25, -0.2) is 0 Å². The van der Waals surface area contributed by atoms with Gasteiger partial charge in [-0.3, -0.25) is 4.79 Å². The van der Waals surface area contributed by atoms with Gasteiger partial charge in [0, 0.05) is 23.8 Å². The van der Waals surface area contributed by atoms with Gasteiger partial charge in [0.25, 0.3) is 0 Å². The quantitative estimate of drug-likeness (QED) is 0.323. The third-order valence-electron chi connectivity index (χ3n) is 5.06. The van der Waals surface area contributed by atoms with Crippen LogP contribution < -0.4 is 10.5 Å². The van der Waals surface area contributed by atoms with Gasteiger partial charge in [-0.05, 0) is 43.4 Å². The molecule has 1 fully saturated rings. The lowest BCUT2D eigenvalue weighted by atomic mass is 9.89. The highest BCUT2D eigenvalue weighted by molar-refractivity contribution is 6.30. The number of unbranched alkanes of at least 4 members (excludes halogenated alkanes) is 1. The third-order valence-corrected chi connectivity index (χ3v) is 5.29. The maximum absolute atomic E-state index is 10.7. The Balaban J connectivity index is 1.83. The van der Waals surface area contributed by atoms with Crippen LogP contribution in [0.3, 0.4) is 0 Å². The molecule has 2 rings (SSSR count). The fourth-order valence-electron chi connectivity index (χ4n) is 3.52. The molecule has 160 valence electrons. The van der Waals surface area contributed by atoms with Crippen LogP contribution >= 0.6 is 11.6 Å². The van der Waals surface area contributed by atoms with E-state index in [1.165, 1.54) is 0 Å². The minimum atomic E-state index is -0.844. The number of aliphatic hydroxyl groups excluding tert-OH is 3. The predicted molar refractivity (Wildman–Crippen MR) is 113 cm³/mol. The van der Waals surface area contributed by atoms with Crippen LogP contribution in [0.2, 0.25) is 5.02 Å². The molecule has 0 aliphatic heterocycles. The number of nitrogens with two attached hydrogens (primary N) is 1. The summed E-state index contributed by atoms with van der Waals surface area (Å²) in [5, 5.41) is 31.2. The van der Waals surface area contributed by atoms with E-state index in [0.29, 0.717) is 36.5 Å². The second-order valence-electron chi connectivity index (χ2n) is 7.40. The number of amides is 1. The maximum Gasteiger partial charge on any atom is 0.217 e. The summed E-state index contributed by atoms with van der Waals surface area (Å²) in [5.74, 6) is -0.118. The summed E-state index contributed by atoms with van der Waals surface area (Å²) >= 11 is 5.90. The first-order valence-electron chi connectivity index (χ1n) is 9.91. The van der Waals surface area contributed by atoms with E-state index in [4.69, 9.17) is 22.1 Å². The standard InChI is InChI=1S/C22H30ClNO5/c23-15-6-5-7-17(12-15)29-14-16(25)10-11-19-18(20(26)13-21(19)27)8-3-1-2-4-9-22(24)28/h1,3,5-7,10-12,16,18-21,25-27H,2,4,8-9,13-14H2,(H2,24,28)/b3-1-,11-10+/t16-,18?,19?,20+,21-/m0/s1. The smallest absolute Gasteiger partial charge is 0.217 e. The SMILES string of the molecule is NC(=O)CCC/C=C\CC1C(/C=C/[C@H](O)COc2cccc(Cl)c2)[C@@H](O)C[C@H]1O. The number of halogens is 1. The van der Waals surface area contributed by atoms with Crippen molar-refractivity contribution in [3.05, 3.63) is 53.6 Å². The zero-order valence-electron chi connectivity index (χ0n) is 16.4. The molecule has 0 saturated heterocycles. The average Bonchev–Trinajstić information content (AvgIpc) is 2.93. The molecule has 1 amide bonds. The van der Waals surface area contributed by atoms with Gasteiger partial charge in [-0.1, -0.05) is 42.0 Å². The summed E-state index contributed by atoms with van der Waals surface area (Å²) in [4.78, 5) is 10.7. The highest BCUT2D eigenvalue weighted by atomic mass is 35.5. The average molecular weight is 424 g/mol. The molecule has 0 radical (unpaired) electrons. The summed E-state index contributed by atoms with van der Waals surface area (Å²) < 4.78 is 5.52. The minimum absolute atomic E-state index is 0.0621. The summed E-state index contributed by atoms with van der Waals surface area (Å²) in [7, 11) is 0. The Hall–Kier alpha value is -1.86. The summed E-state index contributed by atoms with van der Waals surface area (Å²) in [5.41, 5.74) is 5.11. The molecule has 0 bridgehead atoms. The number of ether oxygens (including phenoxy) is 1. The molecule has 29 heavy (non-hydrogen) atoms. The molecule has 2 unspecified atom stereocenters. The van der Waals surface area contributed by atoms with E-state index in [1.807, 2.05) is 12.2 Å². The zero-order valence-corrected chi connectivity index (χ0v) is 17.1. The van der Waals surface area contributed by atoms with E-state index >= 15 is 0 Å². The highest BCUT2D eigenvalue weighted by Crippen LogP contribution is 2.36. The van der Waals surface area contributed by atoms with Crippen molar-refractivity contribution in [1.82, 2.24) is 0 Å². The molecule has 0 spiro atoms. The number of hydrogen-bond donors (Lipinski definition) is 4. The predicted octanol–water partition coefficient (Wildman–Crippen LogP) is 2.60. The van der Waals surface area contributed by atoms with Crippen molar-refractivity contribution in [1.29, 1.82) is 0 Å². The van der Waals surface area contributed by atoms with Gasteiger partial charge in [0.15, 0.2) is 0 Å². The van der Waals surface area contributed by atoms with Gasteiger partial charge >= 0.3 is 0 Å². The molecule has 7 heteroatoms. The molecular formula is C22H30ClNO5. The van der Waals surface area contributed by atoms with Gasteiger partial charge in [-0.2, -0.15) is 0 Å².